The highest BCUT2D eigenvalue weighted by Crippen LogP contribution is 2.42. The fourth-order valence-electron chi connectivity index (χ4n) is 3.01. The number of nitrogens with zero attached hydrogens (tertiary/aromatic N) is 2. The van der Waals surface area contributed by atoms with Crippen LogP contribution in [0.15, 0.2) is 48.8 Å². The molecule has 114 valence electrons. The first-order valence-corrected chi connectivity index (χ1v) is 7.69. The van der Waals surface area contributed by atoms with Gasteiger partial charge in [0.2, 0.25) is 0 Å². The van der Waals surface area contributed by atoms with Crippen molar-refractivity contribution >= 4 is 11.6 Å². The maximum Gasteiger partial charge on any atom is 0.264 e. The van der Waals surface area contributed by atoms with E-state index in [0.717, 1.165) is 24.1 Å². The summed E-state index contributed by atoms with van der Waals surface area (Å²) < 4.78 is 0. The van der Waals surface area contributed by atoms with Gasteiger partial charge in [0.15, 0.2) is 5.60 Å². The van der Waals surface area contributed by atoms with Crippen molar-refractivity contribution in [1.82, 2.24) is 4.98 Å². The zero-order valence-electron chi connectivity index (χ0n) is 12.7. The minimum absolute atomic E-state index is 0.223. The van der Waals surface area contributed by atoms with Crippen molar-refractivity contribution in [3.63, 3.8) is 0 Å². The molecule has 0 saturated carbocycles. The summed E-state index contributed by atoms with van der Waals surface area (Å²) in [5, 5.41) is 11.1. The minimum atomic E-state index is -1.48. The van der Waals surface area contributed by atoms with Crippen LogP contribution in [0.1, 0.15) is 30.9 Å². The third-order valence-electron chi connectivity index (χ3n) is 4.18. The fraction of sp³-hybridized carbons (Fsp3) is 0.333. The number of amides is 1. The molecular weight excluding hydrogens is 276 g/mol. The first kappa shape index (κ1) is 14.7. The SMILES string of the molecule is CCCCN1C(=O)[C@](O)(Cc2ccncc2)c2ccccc21. The number of hydrogen-bond acceptors (Lipinski definition) is 3. The lowest BCUT2D eigenvalue weighted by Crippen LogP contribution is -2.42. The number of hydrogen-bond donors (Lipinski definition) is 1. The maximum absolute atomic E-state index is 12.9. The molecule has 2 aromatic rings. The molecule has 0 bridgehead atoms. The van der Waals surface area contributed by atoms with Gasteiger partial charge >= 0.3 is 0 Å². The van der Waals surface area contributed by atoms with Gasteiger partial charge in [-0.1, -0.05) is 31.5 Å². The highest BCUT2D eigenvalue weighted by atomic mass is 16.3. The Bertz CT molecular complexity index is 672. The van der Waals surface area contributed by atoms with Crippen LogP contribution in [0, 0.1) is 0 Å². The Morgan fingerprint density at radius 1 is 1.18 bits per heavy atom. The summed E-state index contributed by atoms with van der Waals surface area (Å²) in [5.41, 5.74) is 0.953. The Labute approximate surface area is 130 Å². The summed E-state index contributed by atoms with van der Waals surface area (Å²) in [6.45, 7) is 2.74. The van der Waals surface area contributed by atoms with Crippen LogP contribution in [-0.2, 0) is 16.8 Å². The lowest BCUT2D eigenvalue weighted by atomic mass is 9.89. The second-order valence-corrected chi connectivity index (χ2v) is 5.72. The van der Waals surface area contributed by atoms with E-state index >= 15 is 0 Å². The molecule has 1 N–H and O–H groups in total. The van der Waals surface area contributed by atoms with Crippen LogP contribution in [0.2, 0.25) is 0 Å². The fourth-order valence-corrected chi connectivity index (χ4v) is 3.01. The van der Waals surface area contributed by atoms with Crippen LogP contribution in [-0.4, -0.2) is 22.5 Å². The smallest absolute Gasteiger partial charge is 0.264 e. The summed E-state index contributed by atoms with van der Waals surface area (Å²) in [6, 6.07) is 11.2. The molecule has 1 aliphatic heterocycles. The normalized spacial score (nSPS) is 20.3. The second-order valence-electron chi connectivity index (χ2n) is 5.72. The second kappa shape index (κ2) is 5.89. The van der Waals surface area contributed by atoms with E-state index in [9.17, 15) is 9.90 Å². The Morgan fingerprint density at radius 3 is 2.64 bits per heavy atom. The van der Waals surface area contributed by atoms with E-state index in [1.807, 2.05) is 36.4 Å². The van der Waals surface area contributed by atoms with Gasteiger partial charge in [0.05, 0.1) is 5.69 Å². The number of fused-ring (bicyclic) bond motifs is 1. The number of para-hydroxylation sites is 1. The van der Waals surface area contributed by atoms with Crippen molar-refractivity contribution in [2.75, 3.05) is 11.4 Å². The molecule has 22 heavy (non-hydrogen) atoms. The maximum atomic E-state index is 12.9. The molecule has 2 heterocycles. The van der Waals surface area contributed by atoms with E-state index in [0.29, 0.717) is 12.1 Å². The first-order chi connectivity index (χ1) is 10.7. The molecule has 1 aliphatic rings. The van der Waals surface area contributed by atoms with Gasteiger partial charge < -0.3 is 10.0 Å². The van der Waals surface area contributed by atoms with Gasteiger partial charge in [0, 0.05) is 30.9 Å². The van der Waals surface area contributed by atoms with E-state index in [-0.39, 0.29) is 12.3 Å². The molecular formula is C18H20N2O2. The summed E-state index contributed by atoms with van der Waals surface area (Å²) in [4.78, 5) is 18.6. The first-order valence-electron chi connectivity index (χ1n) is 7.69. The summed E-state index contributed by atoms with van der Waals surface area (Å²) in [7, 11) is 0. The largest absolute Gasteiger partial charge is 0.375 e. The van der Waals surface area contributed by atoms with Crippen molar-refractivity contribution in [1.29, 1.82) is 0 Å². The molecule has 0 aliphatic carbocycles. The monoisotopic (exact) mass is 296 g/mol. The summed E-state index contributed by atoms with van der Waals surface area (Å²) in [5.74, 6) is -0.223. The van der Waals surface area contributed by atoms with Crippen molar-refractivity contribution in [2.45, 2.75) is 31.8 Å². The molecule has 1 aromatic heterocycles. The van der Waals surface area contributed by atoms with E-state index < -0.39 is 5.60 Å². The van der Waals surface area contributed by atoms with Gasteiger partial charge in [-0.3, -0.25) is 9.78 Å². The third-order valence-corrected chi connectivity index (χ3v) is 4.18. The Hall–Kier alpha value is -2.20. The topological polar surface area (TPSA) is 53.4 Å². The molecule has 0 radical (unpaired) electrons. The standard InChI is InChI=1S/C18H20N2O2/c1-2-3-12-20-16-7-5-4-6-15(16)18(22,17(20)21)13-14-8-10-19-11-9-14/h4-11,22H,2-3,12-13H2,1H3/t18-/m0/s1. The number of carbonyl (C=O) groups excluding carboxylic acids is 1. The van der Waals surface area contributed by atoms with E-state index in [1.54, 1.807) is 17.3 Å². The van der Waals surface area contributed by atoms with E-state index in [2.05, 4.69) is 11.9 Å². The van der Waals surface area contributed by atoms with Crippen LogP contribution in [0.5, 0.6) is 0 Å². The average Bonchev–Trinajstić information content (AvgIpc) is 2.75. The van der Waals surface area contributed by atoms with Crippen molar-refractivity contribution in [3.05, 3.63) is 59.9 Å². The van der Waals surface area contributed by atoms with Gasteiger partial charge in [-0.25, -0.2) is 0 Å². The van der Waals surface area contributed by atoms with Crippen LogP contribution in [0.3, 0.4) is 0 Å². The molecule has 4 heteroatoms. The lowest BCUT2D eigenvalue weighted by Gasteiger charge is -2.23. The zero-order chi connectivity index (χ0) is 15.6. The molecule has 1 amide bonds. The average molecular weight is 296 g/mol. The van der Waals surface area contributed by atoms with Gasteiger partial charge in [-0.2, -0.15) is 0 Å². The van der Waals surface area contributed by atoms with Gasteiger partial charge in [-0.15, -0.1) is 0 Å². The highest BCUT2D eigenvalue weighted by molar-refractivity contribution is 6.07. The van der Waals surface area contributed by atoms with Gasteiger partial charge in [0.25, 0.3) is 5.91 Å². The van der Waals surface area contributed by atoms with Crippen LogP contribution in [0.25, 0.3) is 0 Å². The third kappa shape index (κ3) is 2.40. The highest BCUT2D eigenvalue weighted by Gasteiger charge is 2.49. The molecule has 1 atom stereocenters. The van der Waals surface area contributed by atoms with Gasteiger partial charge in [-0.05, 0) is 30.2 Å². The quantitative estimate of drug-likeness (QED) is 0.923. The Kier molecular flexibility index (Phi) is 3.94. The lowest BCUT2D eigenvalue weighted by molar-refractivity contribution is -0.136. The molecule has 0 unspecified atom stereocenters. The number of benzene rings is 1. The van der Waals surface area contributed by atoms with Crippen LogP contribution < -0.4 is 4.90 Å². The Balaban J connectivity index is 1.99. The number of carbonyl (C=O) groups is 1. The van der Waals surface area contributed by atoms with Crippen LogP contribution >= 0.6 is 0 Å². The van der Waals surface area contributed by atoms with Crippen molar-refractivity contribution < 1.29 is 9.90 Å². The minimum Gasteiger partial charge on any atom is -0.375 e. The number of aliphatic hydroxyl groups is 1. The molecule has 0 fully saturated rings. The zero-order valence-corrected chi connectivity index (χ0v) is 12.7. The molecule has 0 saturated heterocycles. The van der Waals surface area contributed by atoms with Crippen molar-refractivity contribution in [2.24, 2.45) is 0 Å². The predicted molar refractivity (Wildman–Crippen MR) is 85.5 cm³/mol. The summed E-state index contributed by atoms with van der Waals surface area (Å²) in [6.07, 6.45) is 5.56. The summed E-state index contributed by atoms with van der Waals surface area (Å²) >= 11 is 0. The number of anilines is 1. The number of unbranched alkanes of at least 4 members (excludes halogenated alkanes) is 1. The molecule has 1 aromatic carbocycles. The predicted octanol–water partition coefficient (Wildman–Crippen LogP) is 2.66. The van der Waals surface area contributed by atoms with E-state index in [4.69, 9.17) is 0 Å². The number of rotatable bonds is 5. The Morgan fingerprint density at radius 2 is 1.91 bits per heavy atom. The van der Waals surface area contributed by atoms with Crippen molar-refractivity contribution in [3.8, 4) is 0 Å². The van der Waals surface area contributed by atoms with E-state index in [1.165, 1.54) is 0 Å². The number of aromatic nitrogens is 1. The van der Waals surface area contributed by atoms with Crippen LogP contribution in [0.4, 0.5) is 5.69 Å². The van der Waals surface area contributed by atoms with Gasteiger partial charge in [0.1, 0.15) is 0 Å². The molecule has 4 nitrogen and oxygen atoms in total. The molecule has 0 spiro atoms. The molecule has 3 rings (SSSR count). The number of pyridine rings is 1.